The Hall–Kier alpha value is -4.46. The van der Waals surface area contributed by atoms with Crippen molar-refractivity contribution in [3.05, 3.63) is 36.0 Å². The predicted octanol–water partition coefficient (Wildman–Crippen LogP) is -0.0377. The van der Waals surface area contributed by atoms with Crippen molar-refractivity contribution in [1.82, 2.24) is 20.9 Å². The lowest BCUT2D eigenvalue weighted by Gasteiger charge is -2.25. The molecule has 4 unspecified atom stereocenters. The Morgan fingerprint density at radius 3 is 2.05 bits per heavy atom. The second kappa shape index (κ2) is 14.6. The number of nitrogens with two attached hydrogens (primary N) is 1. The van der Waals surface area contributed by atoms with Crippen LogP contribution in [0.3, 0.4) is 0 Å². The maximum absolute atomic E-state index is 13.1. The van der Waals surface area contributed by atoms with Crippen LogP contribution in [0.5, 0.6) is 0 Å². The quantitative estimate of drug-likeness (QED) is 0.136. The van der Waals surface area contributed by atoms with Crippen LogP contribution in [-0.4, -0.2) is 80.1 Å². The lowest BCUT2D eigenvalue weighted by molar-refractivity contribution is -0.147. The highest BCUT2D eigenvalue weighted by molar-refractivity contribution is 5.95. The number of rotatable bonds is 16. The molecule has 3 amide bonds. The first-order chi connectivity index (χ1) is 18.8. The van der Waals surface area contributed by atoms with Gasteiger partial charge in [0.15, 0.2) is 0 Å². The molecule has 0 bridgehead atoms. The number of benzene rings is 1. The molecular formula is C26H35N5O9. The van der Waals surface area contributed by atoms with Crippen LogP contribution in [0.15, 0.2) is 30.5 Å². The molecule has 0 fully saturated rings. The van der Waals surface area contributed by atoms with E-state index in [0.29, 0.717) is 0 Å². The number of H-pyrrole nitrogens is 1. The largest absolute Gasteiger partial charge is 0.481 e. The van der Waals surface area contributed by atoms with Gasteiger partial charge in [0.05, 0.1) is 12.5 Å². The minimum atomic E-state index is -1.73. The topological polar surface area (TPSA) is 241 Å². The van der Waals surface area contributed by atoms with Crippen molar-refractivity contribution in [2.75, 3.05) is 0 Å². The summed E-state index contributed by atoms with van der Waals surface area (Å²) in [6.07, 6.45) is 0.236. The third-order valence-electron chi connectivity index (χ3n) is 6.06. The maximum atomic E-state index is 13.1. The van der Waals surface area contributed by atoms with E-state index < -0.39 is 72.6 Å². The number of aliphatic carboxylic acids is 3. The van der Waals surface area contributed by atoms with Gasteiger partial charge in [0.2, 0.25) is 17.7 Å². The lowest BCUT2D eigenvalue weighted by atomic mass is 10.0. The average molecular weight is 562 g/mol. The number of carboxylic acids is 3. The number of aromatic nitrogens is 1. The average Bonchev–Trinajstić information content (AvgIpc) is 3.27. The summed E-state index contributed by atoms with van der Waals surface area (Å²) in [7, 11) is 0. The molecule has 1 aromatic carbocycles. The van der Waals surface area contributed by atoms with Crippen LogP contribution >= 0.6 is 0 Å². The van der Waals surface area contributed by atoms with E-state index in [4.69, 9.17) is 15.9 Å². The number of hydrogen-bond donors (Lipinski definition) is 8. The molecule has 2 rings (SSSR count). The van der Waals surface area contributed by atoms with Gasteiger partial charge in [-0.05, 0) is 36.8 Å². The van der Waals surface area contributed by atoms with Crippen molar-refractivity contribution in [3.8, 4) is 0 Å². The number of para-hydroxylation sites is 1. The summed E-state index contributed by atoms with van der Waals surface area (Å²) in [6.45, 7) is 3.48. The van der Waals surface area contributed by atoms with E-state index in [9.17, 15) is 33.9 Å². The van der Waals surface area contributed by atoms with E-state index in [1.54, 1.807) is 20.0 Å². The summed E-state index contributed by atoms with van der Waals surface area (Å²) in [5.41, 5.74) is 7.73. The lowest BCUT2D eigenvalue weighted by Crippen LogP contribution is -2.57. The zero-order valence-electron chi connectivity index (χ0n) is 22.2. The van der Waals surface area contributed by atoms with Crippen molar-refractivity contribution < 1.29 is 44.1 Å². The first-order valence-electron chi connectivity index (χ1n) is 12.7. The van der Waals surface area contributed by atoms with Crippen LogP contribution in [0.2, 0.25) is 0 Å². The molecule has 9 N–H and O–H groups in total. The monoisotopic (exact) mass is 561 g/mol. The summed E-state index contributed by atoms with van der Waals surface area (Å²) in [5, 5.41) is 35.2. The van der Waals surface area contributed by atoms with Crippen LogP contribution in [-0.2, 0) is 35.2 Å². The number of carboxylic acid groups (broad SMARTS) is 3. The summed E-state index contributed by atoms with van der Waals surface area (Å²) in [5.74, 6) is -6.92. The molecule has 40 heavy (non-hydrogen) atoms. The van der Waals surface area contributed by atoms with Crippen molar-refractivity contribution in [2.24, 2.45) is 11.7 Å². The molecule has 218 valence electrons. The van der Waals surface area contributed by atoms with Crippen molar-refractivity contribution in [2.45, 2.75) is 70.1 Å². The number of nitrogens with one attached hydrogen (secondary N) is 4. The molecular weight excluding hydrogens is 526 g/mol. The Kier molecular flexibility index (Phi) is 11.6. The molecule has 1 heterocycles. The zero-order valence-corrected chi connectivity index (χ0v) is 22.2. The number of amides is 3. The van der Waals surface area contributed by atoms with Crippen LogP contribution in [0.4, 0.5) is 0 Å². The molecule has 0 aliphatic carbocycles. The van der Waals surface area contributed by atoms with Gasteiger partial charge in [0, 0.05) is 23.5 Å². The fraction of sp³-hybridized carbons (Fsp3) is 0.462. The molecule has 0 saturated heterocycles. The molecule has 4 atom stereocenters. The standard InChI is InChI=1S/C26H35N5O9/c1-13(2)9-19(25(38)31-20(26(39)40)11-22(34)35)30-24(37)18(7-8-21(32)33)29-23(36)16(27)10-14-12-28-17-6-4-3-5-15(14)17/h3-6,12-13,16,18-20,28H,7-11,27H2,1-2H3,(H,29,36)(H,30,37)(H,31,38)(H,32,33)(H,34,35)(H,39,40). The summed E-state index contributed by atoms with van der Waals surface area (Å²) >= 11 is 0. The molecule has 2 aromatic rings. The van der Waals surface area contributed by atoms with Gasteiger partial charge in [-0.3, -0.25) is 24.0 Å². The number of aromatic amines is 1. The minimum absolute atomic E-state index is 0.0522. The van der Waals surface area contributed by atoms with E-state index in [-0.39, 0.29) is 25.2 Å². The van der Waals surface area contributed by atoms with Gasteiger partial charge >= 0.3 is 17.9 Å². The molecule has 0 aliphatic rings. The second-order valence-electron chi connectivity index (χ2n) is 9.85. The van der Waals surface area contributed by atoms with Crippen LogP contribution in [0, 0.1) is 5.92 Å². The van der Waals surface area contributed by atoms with E-state index in [0.717, 1.165) is 16.5 Å². The molecule has 0 radical (unpaired) electrons. The van der Waals surface area contributed by atoms with E-state index in [1.807, 2.05) is 24.3 Å². The number of carbonyl (C=O) groups is 6. The van der Waals surface area contributed by atoms with Gasteiger partial charge in [-0.1, -0.05) is 32.0 Å². The molecule has 0 saturated carbocycles. The van der Waals surface area contributed by atoms with Gasteiger partial charge in [-0.15, -0.1) is 0 Å². The Balaban J connectivity index is 2.16. The molecule has 0 aliphatic heterocycles. The summed E-state index contributed by atoms with van der Waals surface area (Å²) in [4.78, 5) is 75.5. The zero-order chi connectivity index (χ0) is 30.0. The van der Waals surface area contributed by atoms with Crippen molar-refractivity contribution >= 4 is 46.5 Å². The summed E-state index contributed by atoms with van der Waals surface area (Å²) in [6, 6.07) is 1.94. The fourth-order valence-electron chi connectivity index (χ4n) is 4.07. The first-order valence-corrected chi connectivity index (χ1v) is 12.7. The Morgan fingerprint density at radius 2 is 1.45 bits per heavy atom. The highest BCUT2D eigenvalue weighted by Gasteiger charge is 2.32. The highest BCUT2D eigenvalue weighted by atomic mass is 16.4. The van der Waals surface area contributed by atoms with Gasteiger partial charge in [0.25, 0.3) is 0 Å². The molecule has 14 nitrogen and oxygen atoms in total. The first kappa shape index (κ1) is 31.8. The number of fused-ring (bicyclic) bond motifs is 1. The molecule has 0 spiro atoms. The molecule has 14 heteroatoms. The number of carbonyl (C=O) groups excluding carboxylic acids is 3. The van der Waals surface area contributed by atoms with Gasteiger partial charge in [0.1, 0.15) is 18.1 Å². The third kappa shape index (κ3) is 9.69. The highest BCUT2D eigenvalue weighted by Crippen LogP contribution is 2.19. The van der Waals surface area contributed by atoms with Crippen LogP contribution in [0.25, 0.3) is 10.9 Å². The fourth-order valence-corrected chi connectivity index (χ4v) is 4.07. The summed E-state index contributed by atoms with van der Waals surface area (Å²) < 4.78 is 0. The van der Waals surface area contributed by atoms with Gasteiger partial charge in [-0.25, -0.2) is 4.79 Å². The van der Waals surface area contributed by atoms with Gasteiger partial charge in [-0.2, -0.15) is 0 Å². The maximum Gasteiger partial charge on any atom is 0.326 e. The predicted molar refractivity (Wildman–Crippen MR) is 142 cm³/mol. The third-order valence-corrected chi connectivity index (χ3v) is 6.06. The molecule has 1 aromatic heterocycles. The van der Waals surface area contributed by atoms with Crippen molar-refractivity contribution in [1.29, 1.82) is 0 Å². The van der Waals surface area contributed by atoms with Crippen LogP contribution in [0.1, 0.15) is 45.1 Å². The SMILES string of the molecule is CC(C)CC(NC(=O)C(CCC(=O)O)NC(=O)C(N)Cc1c[nH]c2ccccc12)C(=O)NC(CC(=O)O)C(=O)O. The van der Waals surface area contributed by atoms with E-state index in [2.05, 4.69) is 20.9 Å². The Labute approximate surface area is 229 Å². The van der Waals surface area contributed by atoms with E-state index in [1.165, 1.54) is 0 Å². The van der Waals surface area contributed by atoms with Gasteiger partial charge < -0.3 is 42.0 Å². The Morgan fingerprint density at radius 1 is 0.850 bits per heavy atom. The van der Waals surface area contributed by atoms with Crippen molar-refractivity contribution in [3.63, 3.8) is 0 Å². The number of hydrogen-bond acceptors (Lipinski definition) is 7. The van der Waals surface area contributed by atoms with E-state index >= 15 is 0 Å². The minimum Gasteiger partial charge on any atom is -0.481 e. The Bertz CT molecular complexity index is 1240. The smallest absolute Gasteiger partial charge is 0.326 e. The van der Waals surface area contributed by atoms with Crippen LogP contribution < -0.4 is 21.7 Å². The normalized spacial score (nSPS) is 14.1. The second-order valence-corrected chi connectivity index (χ2v) is 9.85.